The predicted octanol–water partition coefficient (Wildman–Crippen LogP) is 2.53. The Hall–Kier alpha value is -0.610. The van der Waals surface area contributed by atoms with Crippen LogP contribution in [0.1, 0.15) is 18.1 Å². The monoisotopic (exact) mass is 164 g/mol. The minimum Gasteiger partial charge on any atom is -0.106 e. The highest BCUT2D eigenvalue weighted by Crippen LogP contribution is 2.08. The molecular weight excluding hydrogens is 151 g/mol. The van der Waals surface area contributed by atoms with Gasteiger partial charge in [0.1, 0.15) is 0 Å². The number of allylic oxidation sites excluding steroid dienone is 1. The molecule has 0 aliphatic rings. The summed E-state index contributed by atoms with van der Waals surface area (Å²) in [7, 11) is 2.70. The molecule has 0 spiro atoms. The van der Waals surface area contributed by atoms with Crippen molar-refractivity contribution in [3.63, 3.8) is 0 Å². The van der Waals surface area contributed by atoms with Gasteiger partial charge in [-0.1, -0.05) is 24.3 Å². The molecule has 0 aliphatic heterocycles. The molecule has 11 heavy (non-hydrogen) atoms. The SMILES string of the molecule is C/C=C\c1cc(P)ccc1C. The summed E-state index contributed by atoms with van der Waals surface area (Å²) in [5.74, 6) is 0. The van der Waals surface area contributed by atoms with E-state index in [1.165, 1.54) is 16.4 Å². The molecule has 0 bridgehead atoms. The van der Waals surface area contributed by atoms with Crippen LogP contribution >= 0.6 is 9.24 Å². The van der Waals surface area contributed by atoms with Gasteiger partial charge in [-0.25, -0.2) is 0 Å². The van der Waals surface area contributed by atoms with Gasteiger partial charge in [-0.2, -0.15) is 0 Å². The second-order valence-electron chi connectivity index (χ2n) is 2.62. The van der Waals surface area contributed by atoms with Gasteiger partial charge in [-0.15, -0.1) is 9.24 Å². The molecule has 0 heterocycles. The van der Waals surface area contributed by atoms with Crippen molar-refractivity contribution in [2.75, 3.05) is 0 Å². The molecule has 0 aromatic heterocycles. The number of rotatable bonds is 1. The molecule has 1 rings (SSSR count). The van der Waals surface area contributed by atoms with E-state index in [1.54, 1.807) is 0 Å². The first kappa shape index (κ1) is 8.49. The van der Waals surface area contributed by atoms with Gasteiger partial charge in [0.05, 0.1) is 0 Å². The van der Waals surface area contributed by atoms with E-state index in [0.29, 0.717) is 0 Å². The van der Waals surface area contributed by atoms with Gasteiger partial charge in [0.25, 0.3) is 0 Å². The Morgan fingerprint density at radius 2 is 2.09 bits per heavy atom. The van der Waals surface area contributed by atoms with Gasteiger partial charge in [0.2, 0.25) is 0 Å². The minimum atomic E-state index is 1.24. The van der Waals surface area contributed by atoms with E-state index >= 15 is 0 Å². The fraction of sp³-hybridized carbons (Fsp3) is 0.200. The van der Waals surface area contributed by atoms with Crippen molar-refractivity contribution in [3.05, 3.63) is 35.4 Å². The van der Waals surface area contributed by atoms with Crippen LogP contribution in [0, 0.1) is 6.92 Å². The molecular formula is C10H13P. The lowest BCUT2D eigenvalue weighted by Gasteiger charge is -2.00. The fourth-order valence-electron chi connectivity index (χ4n) is 1.02. The molecule has 1 unspecified atom stereocenters. The highest BCUT2D eigenvalue weighted by molar-refractivity contribution is 7.27. The lowest BCUT2D eigenvalue weighted by molar-refractivity contribution is 1.46. The molecule has 1 aromatic rings. The largest absolute Gasteiger partial charge is 0.106 e. The highest BCUT2D eigenvalue weighted by atomic mass is 31.0. The number of hydrogen-bond donors (Lipinski definition) is 0. The molecule has 1 heteroatoms. The van der Waals surface area contributed by atoms with E-state index in [0.717, 1.165) is 0 Å². The van der Waals surface area contributed by atoms with Crippen LogP contribution < -0.4 is 5.30 Å². The van der Waals surface area contributed by atoms with Gasteiger partial charge in [0, 0.05) is 0 Å². The molecule has 0 N–H and O–H groups in total. The molecule has 0 amide bonds. The summed E-state index contributed by atoms with van der Waals surface area (Å²) in [5.41, 5.74) is 2.63. The number of hydrogen-bond acceptors (Lipinski definition) is 0. The van der Waals surface area contributed by atoms with Crippen molar-refractivity contribution in [1.82, 2.24) is 0 Å². The summed E-state index contributed by atoms with van der Waals surface area (Å²) in [4.78, 5) is 0. The second-order valence-corrected chi connectivity index (χ2v) is 3.28. The maximum absolute atomic E-state index is 2.70. The minimum absolute atomic E-state index is 1.24. The summed E-state index contributed by atoms with van der Waals surface area (Å²) in [6.45, 7) is 4.16. The zero-order valence-electron chi connectivity index (χ0n) is 6.96. The second kappa shape index (κ2) is 3.69. The first-order valence-electron chi connectivity index (χ1n) is 3.73. The summed E-state index contributed by atoms with van der Waals surface area (Å²) in [6.07, 6.45) is 4.19. The van der Waals surface area contributed by atoms with Crippen LogP contribution in [0.3, 0.4) is 0 Å². The summed E-state index contributed by atoms with van der Waals surface area (Å²) < 4.78 is 0. The van der Waals surface area contributed by atoms with Crippen LogP contribution in [0.5, 0.6) is 0 Å². The maximum Gasteiger partial charge on any atom is -0.0224 e. The molecule has 0 nitrogen and oxygen atoms in total. The molecule has 0 saturated heterocycles. The van der Waals surface area contributed by atoms with Crippen LogP contribution in [-0.4, -0.2) is 0 Å². The molecule has 1 aromatic carbocycles. The van der Waals surface area contributed by atoms with E-state index in [9.17, 15) is 0 Å². The topological polar surface area (TPSA) is 0 Å². The zero-order valence-corrected chi connectivity index (χ0v) is 8.12. The van der Waals surface area contributed by atoms with Crippen molar-refractivity contribution in [1.29, 1.82) is 0 Å². The van der Waals surface area contributed by atoms with Crippen LogP contribution in [0.2, 0.25) is 0 Å². The zero-order chi connectivity index (χ0) is 8.27. The third-order valence-electron chi connectivity index (χ3n) is 1.65. The Kier molecular flexibility index (Phi) is 2.84. The van der Waals surface area contributed by atoms with Gasteiger partial charge >= 0.3 is 0 Å². The first-order valence-corrected chi connectivity index (χ1v) is 4.30. The first-order chi connectivity index (χ1) is 5.24. The van der Waals surface area contributed by atoms with Crippen molar-refractivity contribution in [2.45, 2.75) is 13.8 Å². The smallest absolute Gasteiger partial charge is 0.0224 e. The third kappa shape index (κ3) is 2.17. The molecule has 0 aliphatic carbocycles. The molecule has 0 radical (unpaired) electrons. The molecule has 0 saturated carbocycles. The van der Waals surface area contributed by atoms with Gasteiger partial charge in [0.15, 0.2) is 0 Å². The number of benzene rings is 1. The molecule has 0 fully saturated rings. The van der Waals surface area contributed by atoms with Crippen molar-refractivity contribution >= 4 is 20.6 Å². The van der Waals surface area contributed by atoms with Crippen LogP contribution in [0.25, 0.3) is 6.08 Å². The Bertz CT molecular complexity index is 274. The number of aryl methyl sites for hydroxylation is 1. The summed E-state index contributed by atoms with van der Waals surface area (Å²) in [6, 6.07) is 6.41. The molecule has 58 valence electrons. The maximum atomic E-state index is 2.70. The fourth-order valence-corrected chi connectivity index (χ4v) is 1.29. The van der Waals surface area contributed by atoms with E-state index in [1.807, 2.05) is 6.92 Å². The average Bonchev–Trinajstić information content (AvgIpc) is 1.98. The van der Waals surface area contributed by atoms with Crippen LogP contribution in [0.15, 0.2) is 24.3 Å². The molecule has 1 atom stereocenters. The third-order valence-corrected chi connectivity index (χ3v) is 2.01. The Labute approximate surface area is 70.5 Å². The van der Waals surface area contributed by atoms with Gasteiger partial charge in [-0.05, 0) is 36.3 Å². The Balaban J connectivity index is 3.12. The van der Waals surface area contributed by atoms with E-state index in [4.69, 9.17) is 0 Å². The van der Waals surface area contributed by atoms with E-state index < -0.39 is 0 Å². The van der Waals surface area contributed by atoms with E-state index in [-0.39, 0.29) is 0 Å². The Morgan fingerprint density at radius 1 is 1.36 bits per heavy atom. The average molecular weight is 164 g/mol. The Morgan fingerprint density at radius 3 is 2.73 bits per heavy atom. The highest BCUT2D eigenvalue weighted by Gasteiger charge is 1.92. The summed E-state index contributed by atoms with van der Waals surface area (Å²) in [5, 5.41) is 1.24. The van der Waals surface area contributed by atoms with E-state index in [2.05, 4.69) is 46.5 Å². The van der Waals surface area contributed by atoms with Crippen LogP contribution in [0.4, 0.5) is 0 Å². The lowest BCUT2D eigenvalue weighted by atomic mass is 10.1. The lowest BCUT2D eigenvalue weighted by Crippen LogP contribution is -1.91. The van der Waals surface area contributed by atoms with Gasteiger partial charge in [-0.3, -0.25) is 0 Å². The quantitative estimate of drug-likeness (QED) is 0.559. The predicted molar refractivity (Wildman–Crippen MR) is 55.2 cm³/mol. The van der Waals surface area contributed by atoms with Crippen molar-refractivity contribution in [3.8, 4) is 0 Å². The van der Waals surface area contributed by atoms with Crippen molar-refractivity contribution < 1.29 is 0 Å². The summed E-state index contributed by atoms with van der Waals surface area (Å²) >= 11 is 0. The normalized spacial score (nSPS) is 10.8. The standard InChI is InChI=1S/C10H13P/c1-3-4-9-7-10(11)6-5-8(9)2/h3-7H,11H2,1-2H3/b4-3-. The van der Waals surface area contributed by atoms with Crippen molar-refractivity contribution in [2.24, 2.45) is 0 Å². The van der Waals surface area contributed by atoms with Gasteiger partial charge < -0.3 is 0 Å². The van der Waals surface area contributed by atoms with Crippen LogP contribution in [-0.2, 0) is 0 Å².